The molecule has 0 saturated carbocycles. The third-order valence-corrected chi connectivity index (χ3v) is 3.66. The summed E-state index contributed by atoms with van der Waals surface area (Å²) in [5.74, 6) is -0.149. The average Bonchev–Trinajstić information content (AvgIpc) is 2.50. The van der Waals surface area contributed by atoms with Crippen LogP contribution < -0.4 is 10.1 Å². The standard InChI is InChI=1S/C17H17BrFNO2/c1-3-22-16-7-4-12(8-11(16)2)10-20-17(21)14-9-13(18)5-6-15(14)19/h4-9H,3,10H2,1-2H3,(H,20,21). The molecule has 2 aromatic rings. The van der Waals surface area contributed by atoms with E-state index in [0.717, 1.165) is 16.9 Å². The second-order valence-corrected chi connectivity index (χ2v) is 5.76. The number of benzene rings is 2. The maximum atomic E-state index is 13.6. The van der Waals surface area contributed by atoms with E-state index in [-0.39, 0.29) is 5.56 Å². The van der Waals surface area contributed by atoms with Gasteiger partial charge in [-0.1, -0.05) is 28.1 Å². The highest BCUT2D eigenvalue weighted by atomic mass is 79.9. The summed E-state index contributed by atoms with van der Waals surface area (Å²) in [5, 5.41) is 2.72. The van der Waals surface area contributed by atoms with Crippen LogP contribution in [0.4, 0.5) is 4.39 Å². The molecule has 0 aliphatic rings. The van der Waals surface area contributed by atoms with Gasteiger partial charge >= 0.3 is 0 Å². The number of hydrogen-bond donors (Lipinski definition) is 1. The first-order valence-corrected chi connectivity index (χ1v) is 7.76. The van der Waals surface area contributed by atoms with E-state index in [2.05, 4.69) is 21.2 Å². The van der Waals surface area contributed by atoms with Crippen LogP contribution in [0.15, 0.2) is 40.9 Å². The van der Waals surface area contributed by atoms with E-state index in [1.54, 1.807) is 6.07 Å². The first-order chi connectivity index (χ1) is 10.5. The smallest absolute Gasteiger partial charge is 0.254 e. The largest absolute Gasteiger partial charge is 0.494 e. The Bertz CT molecular complexity index is 688. The van der Waals surface area contributed by atoms with Gasteiger partial charge in [-0.05, 0) is 49.2 Å². The van der Waals surface area contributed by atoms with E-state index in [0.29, 0.717) is 17.6 Å². The normalized spacial score (nSPS) is 10.4. The molecule has 0 bridgehead atoms. The van der Waals surface area contributed by atoms with Gasteiger partial charge in [-0.2, -0.15) is 0 Å². The zero-order valence-corrected chi connectivity index (χ0v) is 14.0. The number of aryl methyl sites for hydroxylation is 1. The first kappa shape index (κ1) is 16.5. The lowest BCUT2D eigenvalue weighted by molar-refractivity contribution is 0.0947. The highest BCUT2D eigenvalue weighted by molar-refractivity contribution is 9.10. The van der Waals surface area contributed by atoms with Crippen LogP contribution in [0.1, 0.15) is 28.4 Å². The summed E-state index contributed by atoms with van der Waals surface area (Å²) in [7, 11) is 0. The Morgan fingerprint density at radius 1 is 1.27 bits per heavy atom. The number of carbonyl (C=O) groups excluding carboxylic acids is 1. The average molecular weight is 366 g/mol. The van der Waals surface area contributed by atoms with Crippen molar-refractivity contribution in [3.05, 3.63) is 63.4 Å². The van der Waals surface area contributed by atoms with E-state index < -0.39 is 11.7 Å². The van der Waals surface area contributed by atoms with Gasteiger partial charge in [0.15, 0.2) is 0 Å². The molecule has 0 atom stereocenters. The third kappa shape index (κ3) is 4.07. The maximum absolute atomic E-state index is 13.6. The van der Waals surface area contributed by atoms with Crippen molar-refractivity contribution < 1.29 is 13.9 Å². The van der Waals surface area contributed by atoms with Crippen molar-refractivity contribution in [2.75, 3.05) is 6.61 Å². The van der Waals surface area contributed by atoms with E-state index in [1.807, 2.05) is 32.0 Å². The Kier molecular flexibility index (Phi) is 5.55. The lowest BCUT2D eigenvalue weighted by Gasteiger charge is -2.10. The Labute approximate surface area is 137 Å². The van der Waals surface area contributed by atoms with E-state index in [4.69, 9.17) is 4.74 Å². The molecule has 0 aliphatic heterocycles. The SMILES string of the molecule is CCOc1ccc(CNC(=O)c2cc(Br)ccc2F)cc1C. The van der Waals surface area contributed by atoms with Gasteiger partial charge in [-0.25, -0.2) is 4.39 Å². The van der Waals surface area contributed by atoms with Gasteiger partial charge in [-0.15, -0.1) is 0 Å². The topological polar surface area (TPSA) is 38.3 Å². The Morgan fingerprint density at radius 2 is 2.05 bits per heavy atom. The number of hydrogen-bond acceptors (Lipinski definition) is 2. The maximum Gasteiger partial charge on any atom is 0.254 e. The molecule has 0 saturated heterocycles. The van der Waals surface area contributed by atoms with Crippen LogP contribution in [0.2, 0.25) is 0 Å². The van der Waals surface area contributed by atoms with Crippen LogP contribution in [0.3, 0.4) is 0 Å². The number of halogens is 2. The number of amides is 1. The van der Waals surface area contributed by atoms with Crippen LogP contribution in [0.25, 0.3) is 0 Å². The van der Waals surface area contributed by atoms with Gasteiger partial charge in [0.1, 0.15) is 11.6 Å². The Morgan fingerprint density at radius 3 is 2.73 bits per heavy atom. The fraction of sp³-hybridized carbons (Fsp3) is 0.235. The van der Waals surface area contributed by atoms with Crippen LogP contribution in [-0.4, -0.2) is 12.5 Å². The molecule has 0 aliphatic carbocycles. The number of rotatable bonds is 5. The van der Waals surface area contributed by atoms with E-state index in [9.17, 15) is 9.18 Å². The lowest BCUT2D eigenvalue weighted by atomic mass is 10.1. The minimum absolute atomic E-state index is 0.0250. The van der Waals surface area contributed by atoms with Crippen molar-refractivity contribution in [2.24, 2.45) is 0 Å². The highest BCUT2D eigenvalue weighted by Gasteiger charge is 2.12. The summed E-state index contributed by atoms with van der Waals surface area (Å²) >= 11 is 3.23. The van der Waals surface area contributed by atoms with E-state index >= 15 is 0 Å². The van der Waals surface area contributed by atoms with Crippen molar-refractivity contribution in [3.8, 4) is 5.75 Å². The molecule has 0 spiro atoms. The summed E-state index contributed by atoms with van der Waals surface area (Å²) in [6.45, 7) is 4.82. The predicted octanol–water partition coefficient (Wildman–Crippen LogP) is 4.23. The molecule has 0 unspecified atom stereocenters. The Balaban J connectivity index is 2.05. The fourth-order valence-electron chi connectivity index (χ4n) is 2.09. The van der Waals surface area contributed by atoms with Crippen molar-refractivity contribution >= 4 is 21.8 Å². The summed E-state index contributed by atoms with van der Waals surface area (Å²) in [5.41, 5.74) is 1.96. The van der Waals surface area contributed by atoms with Crippen LogP contribution in [0, 0.1) is 12.7 Å². The van der Waals surface area contributed by atoms with Crippen LogP contribution >= 0.6 is 15.9 Å². The molecule has 3 nitrogen and oxygen atoms in total. The fourth-order valence-corrected chi connectivity index (χ4v) is 2.45. The quantitative estimate of drug-likeness (QED) is 0.860. The molecule has 0 fully saturated rings. The zero-order chi connectivity index (χ0) is 16.1. The summed E-state index contributed by atoms with van der Waals surface area (Å²) in [6, 6.07) is 9.99. The molecular formula is C17H17BrFNO2. The number of carbonyl (C=O) groups is 1. The van der Waals surface area contributed by atoms with Gasteiger partial charge < -0.3 is 10.1 Å². The number of ether oxygens (including phenoxy) is 1. The summed E-state index contributed by atoms with van der Waals surface area (Å²) in [6.07, 6.45) is 0. The molecule has 1 N–H and O–H groups in total. The molecule has 0 radical (unpaired) electrons. The van der Waals surface area contributed by atoms with Gasteiger partial charge in [0.25, 0.3) is 5.91 Å². The Hall–Kier alpha value is -1.88. The van der Waals surface area contributed by atoms with E-state index in [1.165, 1.54) is 12.1 Å². The molecular weight excluding hydrogens is 349 g/mol. The lowest BCUT2D eigenvalue weighted by Crippen LogP contribution is -2.23. The predicted molar refractivity (Wildman–Crippen MR) is 87.6 cm³/mol. The molecule has 0 heterocycles. The molecule has 2 aromatic carbocycles. The molecule has 116 valence electrons. The minimum atomic E-state index is -0.538. The molecule has 22 heavy (non-hydrogen) atoms. The van der Waals surface area contributed by atoms with Crippen molar-refractivity contribution in [2.45, 2.75) is 20.4 Å². The summed E-state index contributed by atoms with van der Waals surface area (Å²) < 4.78 is 19.8. The first-order valence-electron chi connectivity index (χ1n) is 6.97. The van der Waals surface area contributed by atoms with Crippen molar-refractivity contribution in [1.82, 2.24) is 5.32 Å². The highest BCUT2D eigenvalue weighted by Crippen LogP contribution is 2.19. The monoisotopic (exact) mass is 365 g/mol. The molecule has 5 heteroatoms. The van der Waals surface area contributed by atoms with Gasteiger partial charge in [-0.3, -0.25) is 4.79 Å². The molecule has 2 rings (SSSR count). The number of nitrogens with one attached hydrogen (secondary N) is 1. The summed E-state index contributed by atoms with van der Waals surface area (Å²) in [4.78, 5) is 12.0. The second kappa shape index (κ2) is 7.40. The zero-order valence-electron chi connectivity index (χ0n) is 12.5. The second-order valence-electron chi connectivity index (χ2n) is 4.84. The van der Waals surface area contributed by atoms with Crippen molar-refractivity contribution in [1.29, 1.82) is 0 Å². The van der Waals surface area contributed by atoms with Crippen molar-refractivity contribution in [3.63, 3.8) is 0 Å². The third-order valence-electron chi connectivity index (χ3n) is 3.17. The van der Waals surface area contributed by atoms with Crippen LogP contribution in [-0.2, 0) is 6.54 Å². The van der Waals surface area contributed by atoms with Gasteiger partial charge in [0.2, 0.25) is 0 Å². The van der Waals surface area contributed by atoms with Gasteiger partial charge in [0, 0.05) is 11.0 Å². The van der Waals surface area contributed by atoms with Gasteiger partial charge in [0.05, 0.1) is 12.2 Å². The minimum Gasteiger partial charge on any atom is -0.494 e. The van der Waals surface area contributed by atoms with Crippen LogP contribution in [0.5, 0.6) is 5.75 Å². The molecule has 0 aromatic heterocycles. The molecule has 1 amide bonds.